The third kappa shape index (κ3) is 8.23. The fraction of sp³-hybridized carbons (Fsp3) is 0.750. The predicted molar refractivity (Wildman–Crippen MR) is 158 cm³/mol. The van der Waals surface area contributed by atoms with E-state index in [1.807, 2.05) is 0 Å². The molecule has 2 nitrogen and oxygen atoms in total. The van der Waals surface area contributed by atoms with Gasteiger partial charge in [0, 0.05) is 0 Å². The first kappa shape index (κ1) is 37.8. The standard InChI is InChI=1S/C32H52O2Si2.2ClH.Hf/c1-31(2,3)35(7,8)33-29-21-23(25-15-11-13-17-27(25)29)19-20-24-22-30(28-18-14-12-16-26(24)28)34-36(9,10)32(4,5)6;;;/h29-30H,11-20H2,1-10H3;2*1H;/q-2;;;+4/p-2/t29-,30+;;;. The third-order valence-corrected chi connectivity index (χ3v) is 18.9. The van der Waals surface area contributed by atoms with Crippen molar-refractivity contribution in [2.45, 2.75) is 154 Å². The van der Waals surface area contributed by atoms with E-state index < -0.39 is 16.6 Å². The Morgan fingerprint density at radius 3 is 1.23 bits per heavy atom. The molecule has 0 heterocycles. The minimum Gasteiger partial charge on any atom is -1.00 e. The molecule has 7 heteroatoms. The van der Waals surface area contributed by atoms with Gasteiger partial charge in [0.25, 0.3) is 0 Å². The molecule has 0 saturated heterocycles. The van der Waals surface area contributed by atoms with E-state index in [0.717, 1.165) is 12.8 Å². The van der Waals surface area contributed by atoms with Gasteiger partial charge in [0.2, 0.25) is 0 Å². The maximum atomic E-state index is 6.93. The fourth-order valence-electron chi connectivity index (χ4n) is 5.63. The van der Waals surface area contributed by atoms with Crippen molar-refractivity contribution in [3.05, 3.63) is 45.6 Å². The van der Waals surface area contributed by atoms with Gasteiger partial charge in [0.05, 0.1) is 0 Å². The Kier molecular flexibility index (Phi) is 13.6. The average Bonchev–Trinajstić information content (AvgIpc) is 3.28. The fourth-order valence-corrected chi connectivity index (χ4v) is 7.92. The molecular formula is C32H52Cl2HfO2Si2. The van der Waals surface area contributed by atoms with Crippen molar-refractivity contribution >= 4 is 16.6 Å². The number of allylic oxidation sites excluding steroid dienone is 4. The zero-order valence-corrected chi connectivity index (χ0v) is 33.4. The van der Waals surface area contributed by atoms with Crippen LogP contribution in [0.3, 0.4) is 0 Å². The normalized spacial score (nSPS) is 23.7. The Bertz CT molecular complexity index is 917. The summed E-state index contributed by atoms with van der Waals surface area (Å²) in [5, 5.41) is 0.443. The van der Waals surface area contributed by atoms with Crippen LogP contribution < -0.4 is 24.8 Å². The quantitative estimate of drug-likeness (QED) is 0.290. The number of hydrogen-bond donors (Lipinski definition) is 0. The Hall–Kier alpha value is 0.764. The second-order valence-corrected chi connectivity index (χ2v) is 24.2. The molecule has 0 amide bonds. The Labute approximate surface area is 274 Å². The van der Waals surface area contributed by atoms with E-state index >= 15 is 0 Å². The van der Waals surface area contributed by atoms with Crippen LogP contribution in [0.5, 0.6) is 0 Å². The Morgan fingerprint density at radius 1 is 0.615 bits per heavy atom. The molecule has 218 valence electrons. The Morgan fingerprint density at radius 2 is 0.923 bits per heavy atom. The van der Waals surface area contributed by atoms with Crippen LogP contribution in [0.4, 0.5) is 0 Å². The number of hydrogen-bond acceptors (Lipinski definition) is 2. The Balaban J connectivity index is 0.00000253. The summed E-state index contributed by atoms with van der Waals surface area (Å²) in [4.78, 5) is 0. The average molecular weight is 774 g/mol. The van der Waals surface area contributed by atoms with Crippen LogP contribution in [0.1, 0.15) is 106 Å². The largest absolute Gasteiger partial charge is 4.00 e. The van der Waals surface area contributed by atoms with Crippen molar-refractivity contribution in [1.29, 1.82) is 0 Å². The number of rotatable bonds is 7. The van der Waals surface area contributed by atoms with Crippen molar-refractivity contribution in [2.24, 2.45) is 0 Å². The molecule has 39 heavy (non-hydrogen) atoms. The van der Waals surface area contributed by atoms with Crippen LogP contribution >= 0.6 is 0 Å². The molecule has 0 unspecified atom stereocenters. The molecule has 4 rings (SSSR count). The van der Waals surface area contributed by atoms with Gasteiger partial charge < -0.3 is 33.7 Å². The summed E-state index contributed by atoms with van der Waals surface area (Å²) < 4.78 is 13.9. The molecule has 4 aliphatic rings. The summed E-state index contributed by atoms with van der Waals surface area (Å²) in [6.45, 7) is 23.6. The van der Waals surface area contributed by atoms with Crippen LogP contribution in [0.15, 0.2) is 33.4 Å². The van der Waals surface area contributed by atoms with Gasteiger partial charge in [-0.15, -0.1) is 11.1 Å². The van der Waals surface area contributed by atoms with Crippen LogP contribution in [0.2, 0.25) is 36.3 Å². The molecule has 0 aromatic heterocycles. The first-order valence-corrected chi connectivity index (χ1v) is 20.5. The topological polar surface area (TPSA) is 18.5 Å². The van der Waals surface area contributed by atoms with E-state index in [1.54, 1.807) is 22.3 Å². The summed E-state index contributed by atoms with van der Waals surface area (Å²) in [6, 6.07) is 0. The summed E-state index contributed by atoms with van der Waals surface area (Å²) in [6.07, 6.45) is 20.2. The first-order chi connectivity index (χ1) is 16.6. The molecule has 0 bridgehead atoms. The van der Waals surface area contributed by atoms with Gasteiger partial charge in [0.1, 0.15) is 0 Å². The number of halogens is 2. The maximum Gasteiger partial charge on any atom is 4.00 e. The molecule has 0 spiro atoms. The van der Waals surface area contributed by atoms with Crippen molar-refractivity contribution in [3.63, 3.8) is 0 Å². The van der Waals surface area contributed by atoms with Gasteiger partial charge in [-0.2, -0.15) is 11.1 Å². The van der Waals surface area contributed by atoms with Crippen LogP contribution in [-0.4, -0.2) is 28.8 Å². The zero-order valence-electron chi connectivity index (χ0n) is 26.3. The molecule has 2 atom stereocenters. The summed E-state index contributed by atoms with van der Waals surface area (Å²) in [7, 11) is -3.69. The summed E-state index contributed by atoms with van der Waals surface area (Å²) in [5.74, 6) is 0. The SMILES string of the molecule is CC(C)(C)[Si](C)(C)O[C@H]1[C-]=C(CCC2=[C-][C@@H](O[Si](C)(C)C(C)(C)C)C3=C2CCCC3)C2=C1CCCC2.[Cl-].[Cl-].[Hf+4]. The van der Waals surface area contributed by atoms with Gasteiger partial charge in [-0.3, -0.25) is 0 Å². The van der Waals surface area contributed by atoms with E-state index in [-0.39, 0.29) is 72.9 Å². The van der Waals surface area contributed by atoms with Crippen molar-refractivity contribution in [1.82, 2.24) is 0 Å². The molecule has 4 aliphatic carbocycles. The van der Waals surface area contributed by atoms with Crippen LogP contribution in [0, 0.1) is 12.2 Å². The molecule has 0 aromatic carbocycles. The monoisotopic (exact) mass is 774 g/mol. The molecule has 0 aromatic rings. The second-order valence-electron chi connectivity index (χ2n) is 14.7. The first-order valence-electron chi connectivity index (χ1n) is 14.7. The molecule has 0 fully saturated rings. The molecule has 0 aliphatic heterocycles. The van der Waals surface area contributed by atoms with Crippen LogP contribution in [0.25, 0.3) is 0 Å². The molecule has 0 radical (unpaired) electrons. The van der Waals surface area contributed by atoms with Crippen molar-refractivity contribution in [3.8, 4) is 0 Å². The summed E-state index contributed by atoms with van der Waals surface area (Å²) in [5.41, 5.74) is 9.21. The van der Waals surface area contributed by atoms with Crippen molar-refractivity contribution < 1.29 is 59.5 Å². The second kappa shape index (κ2) is 14.0. The maximum absolute atomic E-state index is 6.93. The van der Waals surface area contributed by atoms with Crippen molar-refractivity contribution in [2.75, 3.05) is 0 Å². The predicted octanol–water partition coefficient (Wildman–Crippen LogP) is 3.78. The summed E-state index contributed by atoms with van der Waals surface area (Å²) >= 11 is 0. The van der Waals surface area contributed by atoms with Gasteiger partial charge in [-0.25, -0.2) is 23.3 Å². The van der Waals surface area contributed by atoms with E-state index in [1.165, 1.54) is 62.5 Å². The third-order valence-electron chi connectivity index (χ3n) is 10.1. The molecular weight excluding hydrogens is 722 g/mol. The van der Waals surface area contributed by atoms with Gasteiger partial charge in [-0.1, -0.05) is 92.9 Å². The minimum absolute atomic E-state index is 0. The van der Waals surface area contributed by atoms with E-state index in [0.29, 0.717) is 0 Å². The van der Waals surface area contributed by atoms with Gasteiger partial charge >= 0.3 is 25.8 Å². The van der Waals surface area contributed by atoms with Gasteiger partial charge in [-0.05, 0) is 61.3 Å². The van der Waals surface area contributed by atoms with E-state index in [2.05, 4.69) is 79.9 Å². The molecule has 0 saturated carbocycles. The zero-order chi connectivity index (χ0) is 26.5. The van der Waals surface area contributed by atoms with E-state index in [9.17, 15) is 0 Å². The van der Waals surface area contributed by atoms with E-state index in [4.69, 9.17) is 8.85 Å². The van der Waals surface area contributed by atoms with Gasteiger partial charge in [0.15, 0.2) is 16.6 Å². The molecule has 0 N–H and O–H groups in total. The van der Waals surface area contributed by atoms with Crippen LogP contribution in [-0.2, 0) is 34.7 Å². The smallest absolute Gasteiger partial charge is 1.00 e. The minimum atomic E-state index is -1.84.